The minimum atomic E-state index is -0.206. The fraction of sp³-hybridized carbons (Fsp3) is 0.130. The zero-order valence-electron chi connectivity index (χ0n) is 15.9. The highest BCUT2D eigenvalue weighted by Crippen LogP contribution is 2.15. The van der Waals surface area contributed by atoms with Crippen molar-refractivity contribution in [1.82, 2.24) is 4.90 Å². The quantitative estimate of drug-likeness (QED) is 0.703. The van der Waals surface area contributed by atoms with E-state index >= 15 is 0 Å². The van der Waals surface area contributed by atoms with Gasteiger partial charge in [-0.2, -0.15) is 0 Å². The van der Waals surface area contributed by atoms with E-state index in [2.05, 4.69) is 5.32 Å². The maximum atomic E-state index is 12.4. The highest BCUT2D eigenvalue weighted by Gasteiger charge is 2.09. The molecule has 0 aliphatic heterocycles. The van der Waals surface area contributed by atoms with Gasteiger partial charge in [0, 0.05) is 30.9 Å². The Bertz CT molecular complexity index is 934. The third kappa shape index (κ3) is 4.98. The van der Waals surface area contributed by atoms with Gasteiger partial charge in [0.05, 0.1) is 0 Å². The van der Waals surface area contributed by atoms with Gasteiger partial charge >= 0.3 is 0 Å². The molecule has 0 heterocycles. The Morgan fingerprint density at radius 3 is 2.04 bits per heavy atom. The first-order valence-electron chi connectivity index (χ1n) is 8.93. The maximum absolute atomic E-state index is 12.4. The van der Waals surface area contributed by atoms with Crippen LogP contribution in [0.3, 0.4) is 0 Å². The van der Waals surface area contributed by atoms with E-state index in [1.165, 1.54) is 4.90 Å². The Hall–Kier alpha value is -3.60. The number of rotatable bonds is 6. The predicted molar refractivity (Wildman–Crippen MR) is 110 cm³/mol. The number of nitrogens with zero attached hydrogens (tertiary/aromatic N) is 1. The molecule has 5 nitrogen and oxygen atoms in total. The summed E-state index contributed by atoms with van der Waals surface area (Å²) in [5, 5.41) is 2.84. The SMILES string of the molecule is CN(C)C(=O)c1ccc(NC(=O)c2ccc(COc3ccccc3)cc2)cc1. The molecule has 3 aromatic carbocycles. The van der Waals surface area contributed by atoms with Gasteiger partial charge in [-0.15, -0.1) is 0 Å². The van der Waals surface area contributed by atoms with Gasteiger partial charge in [0.1, 0.15) is 12.4 Å². The number of anilines is 1. The van der Waals surface area contributed by atoms with Crippen molar-refractivity contribution in [1.29, 1.82) is 0 Å². The summed E-state index contributed by atoms with van der Waals surface area (Å²) in [7, 11) is 3.40. The third-order valence-corrected chi connectivity index (χ3v) is 4.16. The van der Waals surface area contributed by atoms with Crippen LogP contribution in [-0.4, -0.2) is 30.8 Å². The molecule has 3 rings (SSSR count). The second kappa shape index (κ2) is 8.86. The van der Waals surface area contributed by atoms with Gasteiger partial charge in [-0.05, 0) is 54.1 Å². The van der Waals surface area contributed by atoms with Gasteiger partial charge in [0.15, 0.2) is 0 Å². The van der Waals surface area contributed by atoms with Crippen LogP contribution in [0.15, 0.2) is 78.9 Å². The summed E-state index contributed by atoms with van der Waals surface area (Å²) in [6, 6.07) is 23.7. The molecule has 28 heavy (non-hydrogen) atoms. The second-order valence-corrected chi connectivity index (χ2v) is 6.53. The van der Waals surface area contributed by atoms with Gasteiger partial charge < -0.3 is 15.0 Å². The predicted octanol–water partition coefficient (Wildman–Crippen LogP) is 4.22. The van der Waals surface area contributed by atoms with Crippen LogP contribution in [0.5, 0.6) is 5.75 Å². The number of hydrogen-bond acceptors (Lipinski definition) is 3. The minimum absolute atomic E-state index is 0.0776. The lowest BCUT2D eigenvalue weighted by Gasteiger charge is -2.11. The number of carbonyl (C=O) groups excluding carboxylic acids is 2. The third-order valence-electron chi connectivity index (χ3n) is 4.16. The number of benzene rings is 3. The summed E-state index contributed by atoms with van der Waals surface area (Å²) in [6.07, 6.45) is 0. The van der Waals surface area contributed by atoms with Crippen LogP contribution in [-0.2, 0) is 6.61 Å². The highest BCUT2D eigenvalue weighted by molar-refractivity contribution is 6.04. The van der Waals surface area contributed by atoms with Gasteiger partial charge in [-0.1, -0.05) is 30.3 Å². The van der Waals surface area contributed by atoms with E-state index in [0.29, 0.717) is 23.4 Å². The van der Waals surface area contributed by atoms with Crippen molar-refractivity contribution in [3.05, 3.63) is 95.6 Å². The molecule has 0 saturated carbocycles. The fourth-order valence-electron chi connectivity index (χ4n) is 2.59. The first kappa shape index (κ1) is 19.2. The molecule has 1 N–H and O–H groups in total. The molecule has 0 fully saturated rings. The Morgan fingerprint density at radius 2 is 1.43 bits per heavy atom. The van der Waals surface area contributed by atoms with E-state index in [-0.39, 0.29) is 11.8 Å². The van der Waals surface area contributed by atoms with Crippen LogP contribution in [0.25, 0.3) is 0 Å². The van der Waals surface area contributed by atoms with Gasteiger partial charge in [0.2, 0.25) is 0 Å². The molecule has 0 aliphatic carbocycles. The number of hydrogen-bond donors (Lipinski definition) is 1. The van der Waals surface area contributed by atoms with Gasteiger partial charge in [-0.25, -0.2) is 0 Å². The Balaban J connectivity index is 1.58. The number of amides is 2. The van der Waals surface area contributed by atoms with E-state index in [4.69, 9.17) is 4.74 Å². The topological polar surface area (TPSA) is 58.6 Å². The van der Waals surface area contributed by atoms with Crippen molar-refractivity contribution in [3.8, 4) is 5.75 Å². The van der Waals surface area contributed by atoms with Crippen LogP contribution in [0.4, 0.5) is 5.69 Å². The average molecular weight is 374 g/mol. The largest absolute Gasteiger partial charge is 0.489 e. The van der Waals surface area contributed by atoms with Crippen molar-refractivity contribution in [3.63, 3.8) is 0 Å². The summed E-state index contributed by atoms with van der Waals surface area (Å²) >= 11 is 0. The van der Waals surface area contributed by atoms with Crippen molar-refractivity contribution in [2.45, 2.75) is 6.61 Å². The second-order valence-electron chi connectivity index (χ2n) is 6.53. The molecule has 0 unspecified atom stereocenters. The summed E-state index contributed by atoms with van der Waals surface area (Å²) in [6.45, 7) is 0.438. The molecule has 3 aromatic rings. The lowest BCUT2D eigenvalue weighted by atomic mass is 10.1. The zero-order valence-corrected chi connectivity index (χ0v) is 15.9. The van der Waals surface area contributed by atoms with Crippen molar-refractivity contribution in [2.24, 2.45) is 0 Å². The van der Waals surface area contributed by atoms with Gasteiger partial charge in [-0.3, -0.25) is 9.59 Å². The molecule has 5 heteroatoms. The first-order valence-corrected chi connectivity index (χ1v) is 8.93. The monoisotopic (exact) mass is 374 g/mol. The molecule has 0 spiro atoms. The van der Waals surface area contributed by atoms with Crippen molar-refractivity contribution >= 4 is 17.5 Å². The summed E-state index contributed by atoms with van der Waals surface area (Å²) in [4.78, 5) is 25.8. The molecule has 0 aliphatic rings. The maximum Gasteiger partial charge on any atom is 0.255 e. The molecule has 0 radical (unpaired) electrons. The highest BCUT2D eigenvalue weighted by atomic mass is 16.5. The number of nitrogens with one attached hydrogen (secondary N) is 1. The van der Waals surface area contributed by atoms with Crippen LogP contribution in [0, 0.1) is 0 Å². The number of ether oxygens (including phenoxy) is 1. The van der Waals surface area contributed by atoms with Gasteiger partial charge in [0.25, 0.3) is 11.8 Å². The van der Waals surface area contributed by atoms with E-state index in [0.717, 1.165) is 11.3 Å². The number of carbonyl (C=O) groups is 2. The molecule has 0 atom stereocenters. The summed E-state index contributed by atoms with van der Waals surface area (Å²) in [5.74, 6) is 0.522. The smallest absolute Gasteiger partial charge is 0.255 e. The van der Waals surface area contributed by atoms with E-state index in [9.17, 15) is 9.59 Å². The van der Waals surface area contributed by atoms with Crippen LogP contribution < -0.4 is 10.1 Å². The Labute approximate surface area is 164 Å². The Morgan fingerprint density at radius 1 is 0.821 bits per heavy atom. The Kier molecular flexibility index (Phi) is 6.07. The molecule has 0 bridgehead atoms. The van der Waals surface area contributed by atoms with E-state index in [1.54, 1.807) is 50.5 Å². The lowest BCUT2D eigenvalue weighted by Crippen LogP contribution is -2.21. The molecular weight excluding hydrogens is 352 g/mol. The zero-order chi connectivity index (χ0) is 19.9. The van der Waals surface area contributed by atoms with Crippen LogP contribution >= 0.6 is 0 Å². The molecular formula is C23H22N2O3. The first-order chi connectivity index (χ1) is 13.5. The standard InChI is InChI=1S/C23H22N2O3/c1-25(2)23(27)19-12-14-20(15-13-19)24-22(26)18-10-8-17(9-11-18)16-28-21-6-4-3-5-7-21/h3-15H,16H2,1-2H3,(H,24,26). The van der Waals surface area contributed by atoms with E-state index in [1.807, 2.05) is 42.5 Å². The van der Waals surface area contributed by atoms with Crippen molar-refractivity contribution < 1.29 is 14.3 Å². The summed E-state index contributed by atoms with van der Waals surface area (Å²) in [5.41, 5.74) is 2.74. The lowest BCUT2D eigenvalue weighted by molar-refractivity contribution is 0.0827. The summed E-state index contributed by atoms with van der Waals surface area (Å²) < 4.78 is 5.70. The molecule has 0 saturated heterocycles. The number of para-hydroxylation sites is 1. The van der Waals surface area contributed by atoms with Crippen LogP contribution in [0.1, 0.15) is 26.3 Å². The van der Waals surface area contributed by atoms with E-state index < -0.39 is 0 Å². The molecule has 2 amide bonds. The molecule has 0 aromatic heterocycles. The van der Waals surface area contributed by atoms with Crippen molar-refractivity contribution in [2.75, 3.05) is 19.4 Å². The normalized spacial score (nSPS) is 10.2. The minimum Gasteiger partial charge on any atom is -0.489 e. The fourth-order valence-corrected chi connectivity index (χ4v) is 2.59. The average Bonchev–Trinajstić information content (AvgIpc) is 2.73. The molecule has 142 valence electrons. The van der Waals surface area contributed by atoms with Crippen LogP contribution in [0.2, 0.25) is 0 Å².